The maximum absolute atomic E-state index is 10.6. The lowest BCUT2D eigenvalue weighted by atomic mass is 10.2. The van der Waals surface area contributed by atoms with E-state index in [9.17, 15) is 4.79 Å². The molecule has 1 rings (SSSR count). The highest BCUT2D eigenvalue weighted by Crippen LogP contribution is 1.96. The number of aromatic carboxylic acids is 1. The molecule has 0 radical (unpaired) electrons. The molecule has 6 heteroatoms. The van der Waals surface area contributed by atoms with Gasteiger partial charge in [-0.05, 0) is 12.8 Å². The molecule has 0 fully saturated rings. The normalized spacial score (nSPS) is 10.9. The Hall–Kier alpha value is -1.43. The molecule has 0 amide bonds. The summed E-state index contributed by atoms with van der Waals surface area (Å²) in [5.41, 5.74) is -0.0115. The second kappa shape index (κ2) is 6.22. The van der Waals surface area contributed by atoms with Crippen LogP contribution in [0.2, 0.25) is 0 Å². The van der Waals surface area contributed by atoms with Gasteiger partial charge in [0.15, 0.2) is 5.69 Å². The van der Waals surface area contributed by atoms with Gasteiger partial charge in [0.05, 0.1) is 12.7 Å². The molecule has 0 aliphatic heterocycles. The van der Waals surface area contributed by atoms with Crippen molar-refractivity contribution in [3.8, 4) is 0 Å². The van der Waals surface area contributed by atoms with Crippen molar-refractivity contribution in [1.82, 2.24) is 20.3 Å². The van der Waals surface area contributed by atoms with Gasteiger partial charge >= 0.3 is 5.97 Å². The van der Waals surface area contributed by atoms with Crippen LogP contribution in [0.5, 0.6) is 0 Å². The lowest BCUT2D eigenvalue weighted by Crippen LogP contribution is -2.30. The second-order valence-corrected chi connectivity index (χ2v) is 3.64. The molecular formula is C10H18N4O2. The molecule has 0 aromatic carbocycles. The third-order valence-corrected chi connectivity index (χ3v) is 2.52. The van der Waals surface area contributed by atoms with Crippen molar-refractivity contribution in [1.29, 1.82) is 0 Å². The second-order valence-electron chi connectivity index (χ2n) is 3.64. The Kier molecular flexibility index (Phi) is 4.91. The van der Waals surface area contributed by atoms with E-state index in [0.29, 0.717) is 12.6 Å². The predicted octanol–water partition coefficient (Wildman–Crippen LogP) is 0.754. The Morgan fingerprint density at radius 2 is 2.25 bits per heavy atom. The van der Waals surface area contributed by atoms with Crippen LogP contribution < -0.4 is 5.32 Å². The van der Waals surface area contributed by atoms with Crippen LogP contribution in [0.25, 0.3) is 0 Å². The van der Waals surface area contributed by atoms with Crippen molar-refractivity contribution in [3.63, 3.8) is 0 Å². The van der Waals surface area contributed by atoms with E-state index in [2.05, 4.69) is 29.5 Å². The summed E-state index contributed by atoms with van der Waals surface area (Å²) in [5.74, 6) is -1.04. The van der Waals surface area contributed by atoms with Crippen LogP contribution in [0.1, 0.15) is 37.2 Å². The van der Waals surface area contributed by atoms with Crippen LogP contribution >= 0.6 is 0 Å². The van der Waals surface area contributed by atoms with Gasteiger partial charge in [0, 0.05) is 12.6 Å². The van der Waals surface area contributed by atoms with Crippen molar-refractivity contribution in [3.05, 3.63) is 11.9 Å². The molecule has 16 heavy (non-hydrogen) atoms. The molecule has 2 N–H and O–H groups in total. The number of aromatic nitrogens is 3. The number of nitrogens with one attached hydrogen (secondary N) is 1. The van der Waals surface area contributed by atoms with E-state index in [1.807, 2.05) is 0 Å². The number of rotatable bonds is 7. The largest absolute Gasteiger partial charge is 0.476 e. The summed E-state index contributed by atoms with van der Waals surface area (Å²) >= 11 is 0. The Morgan fingerprint density at radius 3 is 2.75 bits per heavy atom. The Bertz CT molecular complexity index is 333. The van der Waals surface area contributed by atoms with Gasteiger partial charge in [0.2, 0.25) is 0 Å². The monoisotopic (exact) mass is 226 g/mol. The fraction of sp³-hybridized carbons (Fsp3) is 0.700. The third kappa shape index (κ3) is 3.62. The minimum Gasteiger partial charge on any atom is -0.476 e. The zero-order valence-corrected chi connectivity index (χ0v) is 9.68. The first-order valence-electron chi connectivity index (χ1n) is 5.54. The SMILES string of the molecule is CCC(CC)NCCn1cc(C(=O)O)nn1. The third-order valence-electron chi connectivity index (χ3n) is 2.52. The van der Waals surface area contributed by atoms with Crippen LogP contribution in [0.3, 0.4) is 0 Å². The van der Waals surface area contributed by atoms with Crippen molar-refractivity contribution < 1.29 is 9.90 Å². The number of hydrogen-bond donors (Lipinski definition) is 2. The molecule has 0 saturated carbocycles. The van der Waals surface area contributed by atoms with Gasteiger partial charge in [-0.1, -0.05) is 19.1 Å². The summed E-state index contributed by atoms with van der Waals surface area (Å²) in [7, 11) is 0. The summed E-state index contributed by atoms with van der Waals surface area (Å²) in [6, 6.07) is 0.516. The molecule has 90 valence electrons. The lowest BCUT2D eigenvalue weighted by molar-refractivity contribution is 0.0690. The van der Waals surface area contributed by atoms with Crippen LogP contribution in [0, 0.1) is 0 Å². The van der Waals surface area contributed by atoms with Gasteiger partial charge < -0.3 is 10.4 Å². The van der Waals surface area contributed by atoms with E-state index in [1.165, 1.54) is 6.20 Å². The van der Waals surface area contributed by atoms with E-state index in [1.54, 1.807) is 4.68 Å². The molecule has 1 aromatic rings. The zero-order chi connectivity index (χ0) is 12.0. The molecule has 0 aliphatic carbocycles. The van der Waals surface area contributed by atoms with Gasteiger partial charge in [0.1, 0.15) is 0 Å². The van der Waals surface area contributed by atoms with Crippen LogP contribution in [0.4, 0.5) is 0 Å². The summed E-state index contributed by atoms with van der Waals surface area (Å²) in [5, 5.41) is 19.3. The Labute approximate surface area is 94.7 Å². The van der Waals surface area contributed by atoms with E-state index < -0.39 is 5.97 Å². The first kappa shape index (κ1) is 12.6. The van der Waals surface area contributed by atoms with E-state index in [-0.39, 0.29) is 5.69 Å². The van der Waals surface area contributed by atoms with Gasteiger partial charge in [0.25, 0.3) is 0 Å². The summed E-state index contributed by atoms with van der Waals surface area (Å²) in [4.78, 5) is 10.6. The van der Waals surface area contributed by atoms with Gasteiger partial charge in [-0.3, -0.25) is 4.68 Å². The minimum absolute atomic E-state index is 0.0115. The van der Waals surface area contributed by atoms with Crippen LogP contribution in [-0.2, 0) is 6.54 Å². The first-order valence-corrected chi connectivity index (χ1v) is 5.54. The van der Waals surface area contributed by atoms with Crippen molar-refractivity contribution in [2.75, 3.05) is 6.54 Å². The molecule has 0 atom stereocenters. The van der Waals surface area contributed by atoms with Crippen LogP contribution in [0.15, 0.2) is 6.20 Å². The molecule has 0 spiro atoms. The fourth-order valence-corrected chi connectivity index (χ4v) is 1.47. The molecule has 1 aromatic heterocycles. The predicted molar refractivity (Wildman–Crippen MR) is 59.4 cm³/mol. The number of hydrogen-bond acceptors (Lipinski definition) is 4. The molecule has 0 saturated heterocycles. The molecule has 0 unspecified atom stereocenters. The average molecular weight is 226 g/mol. The highest BCUT2D eigenvalue weighted by molar-refractivity contribution is 5.84. The number of carbonyl (C=O) groups is 1. The fourth-order valence-electron chi connectivity index (χ4n) is 1.47. The Morgan fingerprint density at radius 1 is 1.56 bits per heavy atom. The highest BCUT2D eigenvalue weighted by atomic mass is 16.4. The highest BCUT2D eigenvalue weighted by Gasteiger charge is 2.08. The standard InChI is InChI=1S/C10H18N4O2/c1-3-8(4-2)11-5-6-14-7-9(10(15)16)12-13-14/h7-8,11H,3-6H2,1-2H3,(H,15,16). The van der Waals surface area contributed by atoms with Crippen LogP contribution in [-0.4, -0.2) is 38.7 Å². The quantitative estimate of drug-likeness (QED) is 0.717. The Balaban J connectivity index is 2.34. The lowest BCUT2D eigenvalue weighted by Gasteiger charge is -2.13. The molecule has 0 bridgehead atoms. The smallest absolute Gasteiger partial charge is 0.358 e. The molecular weight excluding hydrogens is 208 g/mol. The van der Waals surface area contributed by atoms with Gasteiger partial charge in [-0.25, -0.2) is 4.79 Å². The summed E-state index contributed by atoms with van der Waals surface area (Å²) in [6.07, 6.45) is 3.62. The minimum atomic E-state index is -1.04. The molecule has 6 nitrogen and oxygen atoms in total. The maximum Gasteiger partial charge on any atom is 0.358 e. The van der Waals surface area contributed by atoms with E-state index >= 15 is 0 Å². The van der Waals surface area contributed by atoms with E-state index in [4.69, 9.17) is 5.11 Å². The van der Waals surface area contributed by atoms with Gasteiger partial charge in [-0.2, -0.15) is 0 Å². The number of nitrogens with zero attached hydrogens (tertiary/aromatic N) is 3. The molecule has 1 heterocycles. The number of carboxylic acid groups (broad SMARTS) is 1. The number of carboxylic acids is 1. The molecule has 0 aliphatic rings. The first-order chi connectivity index (χ1) is 7.67. The van der Waals surface area contributed by atoms with Crippen molar-refractivity contribution in [2.24, 2.45) is 0 Å². The summed E-state index contributed by atoms with van der Waals surface area (Å²) < 4.78 is 1.54. The van der Waals surface area contributed by atoms with Crippen molar-refractivity contribution >= 4 is 5.97 Å². The summed E-state index contributed by atoms with van der Waals surface area (Å²) in [6.45, 7) is 5.68. The topological polar surface area (TPSA) is 80.0 Å². The van der Waals surface area contributed by atoms with Gasteiger partial charge in [-0.15, -0.1) is 5.10 Å². The van der Waals surface area contributed by atoms with E-state index in [0.717, 1.165) is 19.4 Å². The van der Waals surface area contributed by atoms with Crippen molar-refractivity contribution in [2.45, 2.75) is 39.3 Å². The zero-order valence-electron chi connectivity index (χ0n) is 9.68. The maximum atomic E-state index is 10.6. The average Bonchev–Trinajstić information content (AvgIpc) is 2.73.